The molecule has 3 aliphatic rings. The Morgan fingerprint density at radius 2 is 1.87 bits per heavy atom. The molecule has 0 unspecified atom stereocenters. The van der Waals surface area contributed by atoms with Crippen LogP contribution in [0.5, 0.6) is 5.19 Å². The number of hydrogen-bond acceptors (Lipinski definition) is 6. The molecule has 4 rings (SSSR count). The van der Waals surface area contributed by atoms with Gasteiger partial charge in [-0.2, -0.15) is 13.2 Å². The molecule has 3 heterocycles. The molecule has 5 nitrogen and oxygen atoms in total. The van der Waals surface area contributed by atoms with Gasteiger partial charge in [-0.25, -0.2) is 4.98 Å². The zero-order chi connectivity index (χ0) is 21.8. The molecule has 31 heavy (non-hydrogen) atoms. The number of thiazole rings is 1. The van der Waals surface area contributed by atoms with Crippen molar-refractivity contribution >= 4 is 17.1 Å². The number of rotatable bonds is 9. The fraction of sp³-hybridized carbons (Fsp3) is 0.818. The number of aromatic nitrogens is 1. The zero-order valence-electron chi connectivity index (χ0n) is 17.8. The Morgan fingerprint density at radius 1 is 1.13 bits per heavy atom. The lowest BCUT2D eigenvalue weighted by molar-refractivity contribution is -0.153. The normalized spacial score (nSPS) is 25.1. The second-order valence-electron chi connectivity index (χ2n) is 9.17. The highest BCUT2D eigenvalue weighted by Crippen LogP contribution is 2.34. The van der Waals surface area contributed by atoms with E-state index in [1.807, 2.05) is 0 Å². The van der Waals surface area contributed by atoms with Gasteiger partial charge in [-0.05, 0) is 50.4 Å². The van der Waals surface area contributed by atoms with E-state index in [4.69, 9.17) is 9.47 Å². The Bertz CT molecular complexity index is 717. The van der Waals surface area contributed by atoms with E-state index >= 15 is 0 Å². The van der Waals surface area contributed by atoms with Crippen LogP contribution in [0.4, 0.5) is 13.2 Å². The average Bonchev–Trinajstić information content (AvgIpc) is 3.47. The fourth-order valence-electron chi connectivity index (χ4n) is 4.44. The maximum Gasteiger partial charge on any atom is 0.422 e. The molecule has 0 N–H and O–H groups in total. The van der Waals surface area contributed by atoms with Crippen LogP contribution in [0.3, 0.4) is 0 Å². The lowest BCUT2D eigenvalue weighted by Crippen LogP contribution is -2.33. The maximum absolute atomic E-state index is 12.3. The van der Waals surface area contributed by atoms with Crippen molar-refractivity contribution in [1.29, 1.82) is 0 Å². The summed E-state index contributed by atoms with van der Waals surface area (Å²) in [7, 11) is 0. The smallest absolute Gasteiger partial charge is 0.422 e. The van der Waals surface area contributed by atoms with Gasteiger partial charge in [0.1, 0.15) is 5.78 Å². The lowest BCUT2D eigenvalue weighted by atomic mass is 9.91. The van der Waals surface area contributed by atoms with Crippen molar-refractivity contribution < 1.29 is 27.4 Å². The van der Waals surface area contributed by atoms with Gasteiger partial charge < -0.3 is 14.4 Å². The van der Waals surface area contributed by atoms with Crippen molar-refractivity contribution in [1.82, 2.24) is 9.88 Å². The third-order valence-corrected chi connectivity index (χ3v) is 7.47. The summed E-state index contributed by atoms with van der Waals surface area (Å²) in [6, 6.07) is 0. The van der Waals surface area contributed by atoms with E-state index < -0.39 is 12.8 Å². The number of carbonyl (C=O) groups excluding carboxylic acids is 1. The molecule has 2 aliphatic heterocycles. The standard InChI is InChI=1S/C22H31F3N2O3S/c23-22(24,25)14-30-21-26-19-6-9-27(10-7-20(19)31-21)8-5-18-4-3-16(13-29-18)12-17(28)11-15-1-2-15/h15-16,18H,1-14H2/t16-,18-/m1/s1. The van der Waals surface area contributed by atoms with E-state index in [0.29, 0.717) is 30.6 Å². The van der Waals surface area contributed by atoms with Gasteiger partial charge in [0.25, 0.3) is 5.19 Å². The van der Waals surface area contributed by atoms with Crippen molar-refractivity contribution in [2.45, 2.75) is 70.1 Å². The number of halogens is 3. The number of nitrogens with zero attached hydrogens (tertiary/aromatic N) is 2. The molecule has 2 atom stereocenters. The summed E-state index contributed by atoms with van der Waals surface area (Å²) < 4.78 is 47.8. The Kier molecular flexibility index (Phi) is 7.54. The average molecular weight is 461 g/mol. The van der Waals surface area contributed by atoms with Gasteiger partial charge >= 0.3 is 6.18 Å². The van der Waals surface area contributed by atoms with Crippen LogP contribution in [0.25, 0.3) is 0 Å². The number of ether oxygens (including phenoxy) is 2. The first kappa shape index (κ1) is 23.0. The predicted octanol–water partition coefficient (Wildman–Crippen LogP) is 4.43. The van der Waals surface area contributed by atoms with E-state index in [0.717, 1.165) is 68.7 Å². The quantitative estimate of drug-likeness (QED) is 0.546. The maximum atomic E-state index is 12.3. The highest BCUT2D eigenvalue weighted by molar-refractivity contribution is 7.13. The van der Waals surface area contributed by atoms with Gasteiger partial charge in [-0.3, -0.25) is 4.79 Å². The number of carbonyl (C=O) groups is 1. The van der Waals surface area contributed by atoms with Crippen molar-refractivity contribution in [3.63, 3.8) is 0 Å². The summed E-state index contributed by atoms with van der Waals surface area (Å²) in [6.45, 7) is 2.08. The molecular weight excluding hydrogens is 429 g/mol. The largest absolute Gasteiger partial charge is 0.460 e. The van der Waals surface area contributed by atoms with Gasteiger partial charge in [-0.1, -0.05) is 11.3 Å². The van der Waals surface area contributed by atoms with Crippen LogP contribution in [0.1, 0.15) is 55.5 Å². The van der Waals surface area contributed by atoms with E-state index in [1.165, 1.54) is 24.2 Å². The molecule has 0 spiro atoms. The fourth-order valence-corrected chi connectivity index (χ4v) is 5.38. The molecule has 1 aliphatic carbocycles. The topological polar surface area (TPSA) is 51.7 Å². The second-order valence-corrected chi connectivity index (χ2v) is 10.2. The summed E-state index contributed by atoms with van der Waals surface area (Å²) in [6.07, 6.45) is 4.41. The molecule has 1 saturated carbocycles. The molecule has 0 radical (unpaired) electrons. The first-order valence-corrected chi connectivity index (χ1v) is 12.2. The summed E-state index contributed by atoms with van der Waals surface area (Å²) in [4.78, 5) is 19.7. The molecule has 0 bridgehead atoms. The molecule has 2 fully saturated rings. The molecule has 0 aromatic carbocycles. The summed E-state index contributed by atoms with van der Waals surface area (Å²) in [5.74, 6) is 1.46. The molecule has 9 heteroatoms. The van der Waals surface area contributed by atoms with E-state index in [2.05, 4.69) is 9.88 Å². The first-order chi connectivity index (χ1) is 14.8. The Morgan fingerprint density at radius 3 is 2.58 bits per heavy atom. The van der Waals surface area contributed by atoms with Gasteiger partial charge in [0.05, 0.1) is 18.4 Å². The zero-order valence-corrected chi connectivity index (χ0v) is 18.6. The number of hydrogen-bond donors (Lipinski definition) is 0. The molecule has 174 valence electrons. The molecule has 1 aromatic heterocycles. The monoisotopic (exact) mass is 460 g/mol. The van der Waals surface area contributed by atoms with Gasteiger partial charge in [0.2, 0.25) is 0 Å². The van der Waals surface area contributed by atoms with Crippen molar-refractivity contribution in [2.24, 2.45) is 11.8 Å². The predicted molar refractivity (Wildman–Crippen MR) is 112 cm³/mol. The molecule has 0 amide bonds. The summed E-state index contributed by atoms with van der Waals surface area (Å²) in [5.41, 5.74) is 0.872. The van der Waals surface area contributed by atoms with E-state index in [-0.39, 0.29) is 11.3 Å². The first-order valence-electron chi connectivity index (χ1n) is 11.4. The second kappa shape index (κ2) is 10.2. The minimum Gasteiger partial charge on any atom is -0.460 e. The van der Waals surface area contributed by atoms with Crippen molar-refractivity contribution in [3.8, 4) is 5.19 Å². The lowest BCUT2D eigenvalue weighted by Gasteiger charge is -2.30. The number of ketones is 1. The van der Waals surface area contributed by atoms with Crippen LogP contribution < -0.4 is 4.74 Å². The SMILES string of the molecule is O=C(CC1CC1)C[C@H]1CC[C@H](CCN2CCc3nc(OCC(F)(F)F)sc3CC2)OC1. The highest BCUT2D eigenvalue weighted by atomic mass is 32.1. The third-order valence-electron chi connectivity index (χ3n) is 6.40. The van der Waals surface area contributed by atoms with Crippen molar-refractivity contribution in [3.05, 3.63) is 10.6 Å². The minimum absolute atomic E-state index is 0.122. The third kappa shape index (κ3) is 7.43. The van der Waals surface area contributed by atoms with Gasteiger partial charge in [0, 0.05) is 43.8 Å². The number of Topliss-reactive ketones (excluding diaryl/α,β-unsaturated/α-hetero) is 1. The van der Waals surface area contributed by atoms with Gasteiger partial charge in [-0.15, -0.1) is 0 Å². The van der Waals surface area contributed by atoms with Crippen LogP contribution >= 0.6 is 11.3 Å². The van der Waals surface area contributed by atoms with Crippen molar-refractivity contribution in [2.75, 3.05) is 32.8 Å². The van der Waals surface area contributed by atoms with E-state index in [9.17, 15) is 18.0 Å². The molecule has 1 aromatic rings. The van der Waals surface area contributed by atoms with Crippen LogP contribution in [-0.4, -0.2) is 60.8 Å². The minimum atomic E-state index is -4.34. The Hall–Kier alpha value is -1.19. The van der Waals surface area contributed by atoms with Gasteiger partial charge in [0.15, 0.2) is 6.61 Å². The number of alkyl halides is 3. The van der Waals surface area contributed by atoms with Crippen LogP contribution in [0.2, 0.25) is 0 Å². The highest BCUT2D eigenvalue weighted by Gasteiger charge is 2.30. The van der Waals surface area contributed by atoms with Crippen LogP contribution in [0.15, 0.2) is 0 Å². The Balaban J connectivity index is 1.13. The summed E-state index contributed by atoms with van der Waals surface area (Å²) in [5, 5.41) is 0.122. The molecular formula is C22H31F3N2O3S. The summed E-state index contributed by atoms with van der Waals surface area (Å²) >= 11 is 1.24. The van der Waals surface area contributed by atoms with Crippen LogP contribution in [-0.2, 0) is 22.4 Å². The Labute approximate surface area is 185 Å². The van der Waals surface area contributed by atoms with E-state index in [1.54, 1.807) is 0 Å². The molecule has 1 saturated heterocycles. The number of fused-ring (bicyclic) bond motifs is 1. The van der Waals surface area contributed by atoms with Crippen LogP contribution in [0, 0.1) is 11.8 Å².